The van der Waals surface area contributed by atoms with Crippen LogP contribution in [0.15, 0.2) is 0 Å². The first-order chi connectivity index (χ1) is 6.29. The van der Waals surface area contributed by atoms with Gasteiger partial charge in [-0.15, -0.1) is 0 Å². The van der Waals surface area contributed by atoms with Crippen LogP contribution in [0.2, 0.25) is 0 Å². The zero-order valence-corrected chi connectivity index (χ0v) is 8.55. The van der Waals surface area contributed by atoms with Crippen LogP contribution < -0.4 is 0 Å². The number of rotatable bonds is 1. The third-order valence-corrected chi connectivity index (χ3v) is 3.60. The third-order valence-electron chi connectivity index (χ3n) is 3.60. The smallest absolute Gasteiger partial charge is 0.0991 e. The summed E-state index contributed by atoms with van der Waals surface area (Å²) in [6, 6.07) is 0.632. The molecule has 1 saturated carbocycles. The van der Waals surface area contributed by atoms with Crippen LogP contribution in [0.1, 0.15) is 45.4 Å². The van der Waals surface area contributed by atoms with Crippen LogP contribution in [0.4, 0.5) is 0 Å². The number of likely N-dealkylation sites (tertiary alicyclic amines) is 1. The largest absolute Gasteiger partial charge is 0.358 e. The molecule has 2 rings (SSSR count). The van der Waals surface area contributed by atoms with Crippen molar-refractivity contribution in [1.29, 1.82) is 5.41 Å². The molecule has 0 aromatic rings. The summed E-state index contributed by atoms with van der Waals surface area (Å²) in [6.45, 7) is 3.40. The van der Waals surface area contributed by atoms with E-state index in [4.69, 9.17) is 5.41 Å². The van der Waals surface area contributed by atoms with Gasteiger partial charge in [-0.2, -0.15) is 0 Å². The summed E-state index contributed by atoms with van der Waals surface area (Å²) in [5.41, 5.74) is 0. The van der Waals surface area contributed by atoms with E-state index >= 15 is 0 Å². The molecule has 1 saturated heterocycles. The molecule has 0 spiro atoms. The second-order valence-electron chi connectivity index (χ2n) is 4.55. The normalized spacial score (nSPS) is 29.9. The molecular weight excluding hydrogens is 160 g/mol. The van der Waals surface area contributed by atoms with Crippen LogP contribution in [-0.4, -0.2) is 23.3 Å². The number of hydrogen-bond donors (Lipinski definition) is 1. The van der Waals surface area contributed by atoms with Crippen molar-refractivity contribution in [2.24, 2.45) is 5.92 Å². The SMILES string of the molecule is CC1CCCN1C(=N)C1CCCC1. The fourth-order valence-electron chi connectivity index (χ4n) is 2.72. The maximum atomic E-state index is 8.14. The van der Waals surface area contributed by atoms with Crippen molar-refractivity contribution in [3.8, 4) is 0 Å². The number of amidine groups is 1. The highest BCUT2D eigenvalue weighted by Gasteiger charge is 2.29. The highest BCUT2D eigenvalue weighted by Crippen LogP contribution is 2.29. The summed E-state index contributed by atoms with van der Waals surface area (Å²) in [5, 5.41) is 8.14. The van der Waals surface area contributed by atoms with Gasteiger partial charge in [0.15, 0.2) is 0 Å². The Morgan fingerprint density at radius 2 is 1.85 bits per heavy atom. The summed E-state index contributed by atoms with van der Waals surface area (Å²) < 4.78 is 0. The van der Waals surface area contributed by atoms with E-state index in [1.165, 1.54) is 38.5 Å². The minimum atomic E-state index is 0.598. The predicted molar refractivity (Wildman–Crippen MR) is 55.1 cm³/mol. The minimum Gasteiger partial charge on any atom is -0.358 e. The highest BCUT2D eigenvalue weighted by atomic mass is 15.2. The van der Waals surface area contributed by atoms with Gasteiger partial charge in [-0.05, 0) is 32.6 Å². The molecule has 0 aromatic carbocycles. The van der Waals surface area contributed by atoms with Crippen LogP contribution in [0.3, 0.4) is 0 Å². The maximum Gasteiger partial charge on any atom is 0.0991 e. The summed E-state index contributed by atoms with van der Waals surface area (Å²) >= 11 is 0. The molecule has 13 heavy (non-hydrogen) atoms. The van der Waals surface area contributed by atoms with E-state index in [2.05, 4.69) is 11.8 Å². The van der Waals surface area contributed by atoms with Crippen molar-refractivity contribution in [1.82, 2.24) is 4.90 Å². The lowest BCUT2D eigenvalue weighted by Gasteiger charge is -2.27. The van der Waals surface area contributed by atoms with Crippen LogP contribution in [-0.2, 0) is 0 Å². The Morgan fingerprint density at radius 3 is 2.38 bits per heavy atom. The molecule has 74 valence electrons. The lowest BCUT2D eigenvalue weighted by atomic mass is 10.1. The molecule has 0 aromatic heterocycles. The van der Waals surface area contributed by atoms with Gasteiger partial charge < -0.3 is 4.90 Å². The Hall–Kier alpha value is -0.530. The fraction of sp³-hybridized carbons (Fsp3) is 0.909. The van der Waals surface area contributed by atoms with Gasteiger partial charge in [0.1, 0.15) is 0 Å². The van der Waals surface area contributed by atoms with Crippen molar-refractivity contribution in [2.75, 3.05) is 6.54 Å². The molecule has 2 heteroatoms. The van der Waals surface area contributed by atoms with E-state index in [1.807, 2.05) is 0 Å². The molecule has 0 radical (unpaired) electrons. The molecule has 0 amide bonds. The average molecular weight is 180 g/mol. The maximum absolute atomic E-state index is 8.14. The first kappa shape index (κ1) is 9.04. The number of nitrogens with one attached hydrogen (secondary N) is 1. The van der Waals surface area contributed by atoms with Gasteiger partial charge in [0.25, 0.3) is 0 Å². The van der Waals surface area contributed by atoms with Gasteiger partial charge in [0, 0.05) is 18.5 Å². The molecule has 1 aliphatic carbocycles. The molecule has 1 unspecified atom stereocenters. The molecule has 1 atom stereocenters. The third kappa shape index (κ3) is 1.72. The Balaban J connectivity index is 1.95. The van der Waals surface area contributed by atoms with Crippen molar-refractivity contribution < 1.29 is 0 Å². The van der Waals surface area contributed by atoms with Crippen LogP contribution >= 0.6 is 0 Å². The molecule has 1 N–H and O–H groups in total. The first-order valence-corrected chi connectivity index (χ1v) is 5.64. The minimum absolute atomic E-state index is 0.598. The topological polar surface area (TPSA) is 27.1 Å². The van der Waals surface area contributed by atoms with Gasteiger partial charge >= 0.3 is 0 Å². The van der Waals surface area contributed by atoms with Gasteiger partial charge in [0.2, 0.25) is 0 Å². The van der Waals surface area contributed by atoms with Crippen molar-refractivity contribution in [3.05, 3.63) is 0 Å². The molecule has 1 heterocycles. The van der Waals surface area contributed by atoms with Crippen LogP contribution in [0.25, 0.3) is 0 Å². The van der Waals surface area contributed by atoms with E-state index in [-0.39, 0.29) is 0 Å². The lowest BCUT2D eigenvalue weighted by Crippen LogP contribution is -2.36. The van der Waals surface area contributed by atoms with Gasteiger partial charge in [0.05, 0.1) is 5.84 Å². The van der Waals surface area contributed by atoms with Crippen molar-refractivity contribution in [2.45, 2.75) is 51.5 Å². The molecule has 0 bridgehead atoms. The second kappa shape index (κ2) is 3.69. The Labute approximate surface area is 80.8 Å². The van der Waals surface area contributed by atoms with E-state index in [1.54, 1.807) is 0 Å². The van der Waals surface area contributed by atoms with Crippen LogP contribution in [0.5, 0.6) is 0 Å². The molecule has 2 aliphatic rings. The molecule has 2 nitrogen and oxygen atoms in total. The average Bonchev–Trinajstić information content (AvgIpc) is 2.72. The predicted octanol–water partition coefficient (Wildman–Crippen LogP) is 2.64. The highest BCUT2D eigenvalue weighted by molar-refractivity contribution is 5.82. The van der Waals surface area contributed by atoms with E-state index < -0.39 is 0 Å². The first-order valence-electron chi connectivity index (χ1n) is 5.64. The standard InChI is InChI=1S/C11H20N2/c1-9-5-4-8-13(9)11(12)10-6-2-3-7-10/h9-10,12H,2-8H2,1H3. The van der Waals surface area contributed by atoms with E-state index in [0.717, 1.165) is 12.4 Å². The summed E-state index contributed by atoms with van der Waals surface area (Å²) in [5.74, 6) is 1.54. The monoisotopic (exact) mass is 180 g/mol. The summed E-state index contributed by atoms with van der Waals surface area (Å²) in [7, 11) is 0. The Kier molecular flexibility index (Phi) is 2.56. The van der Waals surface area contributed by atoms with E-state index in [0.29, 0.717) is 12.0 Å². The summed E-state index contributed by atoms with van der Waals surface area (Å²) in [6.07, 6.45) is 7.79. The van der Waals surface area contributed by atoms with Crippen LogP contribution in [0, 0.1) is 11.3 Å². The van der Waals surface area contributed by atoms with Crippen molar-refractivity contribution >= 4 is 5.84 Å². The van der Waals surface area contributed by atoms with Gasteiger partial charge in [-0.25, -0.2) is 0 Å². The Bertz CT molecular complexity index is 194. The lowest BCUT2D eigenvalue weighted by molar-refractivity contribution is 0.385. The molecular formula is C11H20N2. The van der Waals surface area contributed by atoms with Gasteiger partial charge in [-0.1, -0.05) is 12.8 Å². The second-order valence-corrected chi connectivity index (χ2v) is 4.55. The van der Waals surface area contributed by atoms with Gasteiger partial charge in [-0.3, -0.25) is 5.41 Å². The Morgan fingerprint density at radius 1 is 1.15 bits per heavy atom. The zero-order chi connectivity index (χ0) is 9.26. The zero-order valence-electron chi connectivity index (χ0n) is 8.55. The quantitative estimate of drug-likeness (QED) is 0.487. The summed E-state index contributed by atoms with van der Waals surface area (Å²) in [4.78, 5) is 2.33. The molecule has 1 aliphatic heterocycles. The molecule has 2 fully saturated rings. The van der Waals surface area contributed by atoms with E-state index in [9.17, 15) is 0 Å². The number of hydrogen-bond acceptors (Lipinski definition) is 1. The fourth-order valence-corrected chi connectivity index (χ4v) is 2.72. The van der Waals surface area contributed by atoms with Crippen molar-refractivity contribution in [3.63, 3.8) is 0 Å². The number of nitrogens with zero attached hydrogens (tertiary/aromatic N) is 1.